The van der Waals surface area contributed by atoms with Crippen LogP contribution in [-0.4, -0.2) is 43.0 Å². The van der Waals surface area contributed by atoms with Gasteiger partial charge in [0.1, 0.15) is 17.2 Å². The molecule has 1 amide bonds. The first kappa shape index (κ1) is 18.3. The molecule has 0 unspecified atom stereocenters. The SMILES string of the molecule is CN(C)CCN(C(=O)c1ccc(F)cc1)c1nc2c(F)cc(F)cc2s1. The van der Waals surface area contributed by atoms with Crippen LogP contribution < -0.4 is 4.90 Å². The molecule has 1 aromatic heterocycles. The minimum atomic E-state index is -0.774. The Morgan fingerprint density at radius 2 is 1.73 bits per heavy atom. The number of likely N-dealkylation sites (N-methyl/N-ethyl adjacent to an activating group) is 1. The fourth-order valence-electron chi connectivity index (χ4n) is 2.39. The molecule has 1 heterocycles. The topological polar surface area (TPSA) is 36.4 Å². The van der Waals surface area contributed by atoms with Crippen molar-refractivity contribution in [2.24, 2.45) is 0 Å². The van der Waals surface area contributed by atoms with Crippen LogP contribution in [0.3, 0.4) is 0 Å². The minimum absolute atomic E-state index is 0.0214. The number of amides is 1. The lowest BCUT2D eigenvalue weighted by molar-refractivity contribution is 0.0985. The van der Waals surface area contributed by atoms with E-state index in [2.05, 4.69) is 4.98 Å². The monoisotopic (exact) mass is 379 g/mol. The average Bonchev–Trinajstić information content (AvgIpc) is 2.99. The maximum absolute atomic E-state index is 14.0. The Bertz CT molecular complexity index is 941. The molecule has 0 fully saturated rings. The van der Waals surface area contributed by atoms with Crippen LogP contribution in [0.1, 0.15) is 10.4 Å². The number of halogens is 3. The zero-order valence-electron chi connectivity index (χ0n) is 14.2. The zero-order chi connectivity index (χ0) is 18.8. The lowest BCUT2D eigenvalue weighted by Gasteiger charge is -2.22. The van der Waals surface area contributed by atoms with Crippen molar-refractivity contribution in [2.75, 3.05) is 32.1 Å². The smallest absolute Gasteiger partial charge is 0.260 e. The van der Waals surface area contributed by atoms with E-state index in [9.17, 15) is 18.0 Å². The third-order valence-electron chi connectivity index (χ3n) is 3.74. The summed E-state index contributed by atoms with van der Waals surface area (Å²) in [5, 5.41) is 0.265. The number of fused-ring (bicyclic) bond motifs is 1. The van der Waals surface area contributed by atoms with Gasteiger partial charge < -0.3 is 4.90 Å². The first-order valence-electron chi connectivity index (χ1n) is 7.83. The molecule has 4 nitrogen and oxygen atoms in total. The van der Waals surface area contributed by atoms with Crippen LogP contribution in [0.5, 0.6) is 0 Å². The summed E-state index contributed by atoms with van der Waals surface area (Å²) >= 11 is 1.03. The van der Waals surface area contributed by atoms with Crippen molar-refractivity contribution in [3.05, 3.63) is 59.4 Å². The number of hydrogen-bond acceptors (Lipinski definition) is 4. The van der Waals surface area contributed by atoms with Crippen molar-refractivity contribution in [2.45, 2.75) is 0 Å². The molecule has 0 aliphatic rings. The molecule has 0 bridgehead atoms. The zero-order valence-corrected chi connectivity index (χ0v) is 15.0. The fourth-order valence-corrected chi connectivity index (χ4v) is 3.42. The average molecular weight is 379 g/mol. The quantitative estimate of drug-likeness (QED) is 0.674. The van der Waals surface area contributed by atoms with Crippen LogP contribution in [-0.2, 0) is 0 Å². The van der Waals surface area contributed by atoms with Crippen molar-refractivity contribution in [1.29, 1.82) is 0 Å². The van der Waals surface area contributed by atoms with Gasteiger partial charge in [0.15, 0.2) is 10.9 Å². The largest absolute Gasteiger partial charge is 0.308 e. The molecule has 0 saturated heterocycles. The van der Waals surface area contributed by atoms with E-state index in [-0.39, 0.29) is 22.1 Å². The Balaban J connectivity index is 2.01. The molecule has 0 aliphatic carbocycles. The van der Waals surface area contributed by atoms with Crippen LogP contribution in [0.25, 0.3) is 10.2 Å². The number of rotatable bonds is 5. The number of thiazole rings is 1. The Morgan fingerprint density at radius 1 is 1.04 bits per heavy atom. The predicted molar refractivity (Wildman–Crippen MR) is 96.2 cm³/mol. The molecule has 3 rings (SSSR count). The molecule has 26 heavy (non-hydrogen) atoms. The number of benzene rings is 2. The summed E-state index contributed by atoms with van der Waals surface area (Å²) in [5.74, 6) is -2.30. The molecule has 0 atom stereocenters. The molecular weight excluding hydrogens is 363 g/mol. The van der Waals surface area contributed by atoms with Gasteiger partial charge in [-0.15, -0.1) is 0 Å². The van der Waals surface area contributed by atoms with E-state index in [4.69, 9.17) is 0 Å². The second-order valence-electron chi connectivity index (χ2n) is 6.00. The van der Waals surface area contributed by atoms with Crippen molar-refractivity contribution in [3.63, 3.8) is 0 Å². The van der Waals surface area contributed by atoms with Crippen molar-refractivity contribution in [1.82, 2.24) is 9.88 Å². The highest BCUT2D eigenvalue weighted by atomic mass is 32.1. The minimum Gasteiger partial charge on any atom is -0.308 e. The highest BCUT2D eigenvalue weighted by Crippen LogP contribution is 2.31. The molecule has 3 aromatic rings. The van der Waals surface area contributed by atoms with Crippen LogP contribution in [0.2, 0.25) is 0 Å². The van der Waals surface area contributed by atoms with E-state index < -0.39 is 17.5 Å². The van der Waals surface area contributed by atoms with Crippen LogP contribution in [0.4, 0.5) is 18.3 Å². The fraction of sp³-hybridized carbons (Fsp3) is 0.222. The van der Waals surface area contributed by atoms with Gasteiger partial charge in [-0.3, -0.25) is 9.69 Å². The number of carbonyl (C=O) groups excluding carboxylic acids is 1. The Morgan fingerprint density at radius 3 is 2.38 bits per heavy atom. The van der Waals surface area contributed by atoms with Gasteiger partial charge in [-0.25, -0.2) is 18.2 Å². The number of carbonyl (C=O) groups is 1. The van der Waals surface area contributed by atoms with Crippen LogP contribution >= 0.6 is 11.3 Å². The molecule has 0 spiro atoms. The second kappa shape index (κ2) is 7.43. The Kier molecular flexibility index (Phi) is 5.24. The summed E-state index contributed by atoms with van der Waals surface area (Å²) < 4.78 is 40.8. The first-order chi connectivity index (χ1) is 12.3. The van der Waals surface area contributed by atoms with E-state index in [1.165, 1.54) is 35.2 Å². The van der Waals surface area contributed by atoms with Gasteiger partial charge in [0.25, 0.3) is 5.91 Å². The Labute approximate surface area is 152 Å². The van der Waals surface area contributed by atoms with Gasteiger partial charge in [0, 0.05) is 24.7 Å². The first-order valence-corrected chi connectivity index (χ1v) is 8.64. The van der Waals surface area contributed by atoms with Crippen molar-refractivity contribution >= 4 is 32.6 Å². The van der Waals surface area contributed by atoms with Gasteiger partial charge >= 0.3 is 0 Å². The van der Waals surface area contributed by atoms with Crippen LogP contribution in [0, 0.1) is 17.5 Å². The predicted octanol–water partition coefficient (Wildman–Crippen LogP) is 3.92. The van der Waals surface area contributed by atoms with E-state index in [1.54, 1.807) is 0 Å². The molecule has 0 saturated carbocycles. The standard InChI is InChI=1S/C18H16F3N3OS/c1-23(2)7-8-24(17(25)11-3-5-12(19)6-4-11)18-22-16-14(21)9-13(20)10-15(16)26-18/h3-6,9-10H,7-8H2,1-2H3. The summed E-state index contributed by atoms with van der Waals surface area (Å²) in [5.41, 5.74) is 0.309. The van der Waals surface area contributed by atoms with Gasteiger partial charge in [0.05, 0.1) is 4.70 Å². The molecule has 8 heteroatoms. The highest BCUT2D eigenvalue weighted by Gasteiger charge is 2.22. The molecule has 0 N–H and O–H groups in total. The van der Waals surface area contributed by atoms with E-state index in [0.29, 0.717) is 17.8 Å². The molecule has 0 aliphatic heterocycles. The van der Waals surface area contributed by atoms with Crippen molar-refractivity contribution in [3.8, 4) is 0 Å². The lowest BCUT2D eigenvalue weighted by Crippen LogP contribution is -2.36. The third kappa shape index (κ3) is 3.86. The van der Waals surface area contributed by atoms with Crippen molar-refractivity contribution < 1.29 is 18.0 Å². The Hall–Kier alpha value is -2.45. The summed E-state index contributed by atoms with van der Waals surface area (Å²) in [6.45, 7) is 0.840. The van der Waals surface area contributed by atoms with Gasteiger partial charge in [-0.1, -0.05) is 11.3 Å². The number of anilines is 1. The van der Waals surface area contributed by atoms with E-state index in [1.807, 2.05) is 19.0 Å². The normalized spacial score (nSPS) is 11.3. The molecule has 136 valence electrons. The maximum atomic E-state index is 14.0. The van der Waals surface area contributed by atoms with Gasteiger partial charge in [-0.05, 0) is 44.4 Å². The van der Waals surface area contributed by atoms with E-state index in [0.717, 1.165) is 17.4 Å². The maximum Gasteiger partial charge on any atom is 0.260 e. The van der Waals surface area contributed by atoms with Crippen LogP contribution in [0.15, 0.2) is 36.4 Å². The summed E-state index contributed by atoms with van der Waals surface area (Å²) in [7, 11) is 3.71. The lowest BCUT2D eigenvalue weighted by atomic mass is 10.2. The molecule has 2 aromatic carbocycles. The summed E-state index contributed by atoms with van der Waals surface area (Å²) in [4.78, 5) is 20.4. The van der Waals surface area contributed by atoms with Gasteiger partial charge in [-0.2, -0.15) is 0 Å². The second-order valence-corrected chi connectivity index (χ2v) is 7.01. The number of aromatic nitrogens is 1. The van der Waals surface area contributed by atoms with E-state index >= 15 is 0 Å². The summed E-state index contributed by atoms with van der Waals surface area (Å²) in [6.07, 6.45) is 0. The third-order valence-corrected chi connectivity index (χ3v) is 4.77. The summed E-state index contributed by atoms with van der Waals surface area (Å²) in [6, 6.07) is 7.11. The number of hydrogen-bond donors (Lipinski definition) is 0. The molecule has 0 radical (unpaired) electrons. The van der Waals surface area contributed by atoms with Gasteiger partial charge in [0.2, 0.25) is 0 Å². The molecular formula is C18H16F3N3OS. The number of nitrogens with zero attached hydrogens (tertiary/aromatic N) is 3. The highest BCUT2D eigenvalue weighted by molar-refractivity contribution is 7.22.